The van der Waals surface area contributed by atoms with Crippen LogP contribution in [0, 0.1) is 28.9 Å². The number of aromatic nitrogens is 3. The van der Waals surface area contributed by atoms with Crippen molar-refractivity contribution in [3.8, 4) is 17.3 Å². The average Bonchev–Trinajstić information content (AvgIpc) is 3.84. The molecule has 2 unspecified atom stereocenters. The fraction of sp³-hybridized carbons (Fsp3) is 0.484. The molecule has 0 saturated carbocycles. The smallest absolute Gasteiger partial charge is 0.228 e. The van der Waals surface area contributed by atoms with Gasteiger partial charge in [0.15, 0.2) is 11.6 Å². The van der Waals surface area contributed by atoms with Crippen LogP contribution in [-0.4, -0.2) is 77.7 Å². The number of pyridine rings is 1. The lowest BCUT2D eigenvalue weighted by molar-refractivity contribution is 0.135. The molecule has 4 atom stereocenters. The first-order valence-electron chi connectivity index (χ1n) is 15.3. The maximum absolute atomic E-state index is 17.3. The second-order valence-electron chi connectivity index (χ2n) is 12.8. The summed E-state index contributed by atoms with van der Waals surface area (Å²) in [6.07, 6.45) is 4.30. The summed E-state index contributed by atoms with van der Waals surface area (Å²) >= 11 is 0.975. The summed E-state index contributed by atoms with van der Waals surface area (Å²) in [6, 6.07) is 3.04. The Hall–Kier alpha value is -3.70. The summed E-state index contributed by atoms with van der Waals surface area (Å²) in [7, 11) is 2.16. The number of anilines is 3. The first-order chi connectivity index (χ1) is 21.4. The Bertz CT molecular complexity index is 1910. The van der Waals surface area contributed by atoms with Crippen LogP contribution in [0.25, 0.3) is 32.2 Å². The standard InChI is InChI=1S/C31H31F2N9OS/c1-40-5-4-14-10-41(11-21(14)40)31-38-27-24(30(39-31)42-15-2-3-16(42)8-36-7-15)19-13-43-12-18(19)22(25(27)33)26-23-17(6-34)29(35)44-28(23)20(32)9-37-26/h9,14-16,21,36H,2-5,7-8,10-13,35H2,1H3/t14-,15?,16?,21+/m1/s1. The lowest BCUT2D eigenvalue weighted by Gasteiger charge is -2.37. The van der Waals surface area contributed by atoms with Crippen molar-refractivity contribution in [2.24, 2.45) is 5.92 Å². The summed E-state index contributed by atoms with van der Waals surface area (Å²) in [4.78, 5) is 21.6. The normalized spacial score (nSPS) is 26.2. The number of likely N-dealkylation sites (tertiary alicyclic amines) is 1. The molecule has 226 valence electrons. The van der Waals surface area contributed by atoms with Gasteiger partial charge >= 0.3 is 0 Å². The second kappa shape index (κ2) is 9.65. The minimum absolute atomic E-state index is 0.105. The van der Waals surface area contributed by atoms with Gasteiger partial charge in [0, 0.05) is 55.3 Å². The summed E-state index contributed by atoms with van der Waals surface area (Å²) < 4.78 is 38.5. The number of halogens is 2. The van der Waals surface area contributed by atoms with Crippen molar-refractivity contribution in [1.82, 2.24) is 25.2 Å². The molecular weight excluding hydrogens is 584 g/mol. The molecule has 1 aromatic carbocycles. The minimum atomic E-state index is -0.596. The van der Waals surface area contributed by atoms with Crippen molar-refractivity contribution in [2.45, 2.75) is 50.6 Å². The van der Waals surface area contributed by atoms with E-state index in [0.29, 0.717) is 28.9 Å². The molecule has 5 aliphatic rings. The molecular formula is C31H31F2N9OS. The molecule has 4 aromatic rings. The summed E-state index contributed by atoms with van der Waals surface area (Å²) in [6.45, 7) is 4.84. The van der Waals surface area contributed by atoms with Crippen molar-refractivity contribution in [1.29, 1.82) is 5.26 Å². The van der Waals surface area contributed by atoms with E-state index in [1.807, 2.05) is 0 Å². The number of rotatable bonds is 3. The SMILES string of the molecule is CN1CC[C@@H]2CN(c3nc(N4C5CCC4CNC5)c4c5c(c(-c6ncc(F)c7sc(N)c(C#N)c67)c(F)c4n3)COC5)C[C@@H]21. The van der Waals surface area contributed by atoms with Crippen LogP contribution in [0.5, 0.6) is 0 Å². The maximum Gasteiger partial charge on any atom is 0.228 e. The van der Waals surface area contributed by atoms with E-state index in [2.05, 4.69) is 38.1 Å². The molecule has 4 saturated heterocycles. The topological polar surface area (TPSA) is 119 Å². The number of piperazine rings is 1. The number of fused-ring (bicyclic) bond motifs is 7. The van der Waals surface area contributed by atoms with Gasteiger partial charge in [-0.3, -0.25) is 4.98 Å². The Balaban J connectivity index is 1.32. The van der Waals surface area contributed by atoms with E-state index < -0.39 is 11.6 Å². The predicted molar refractivity (Wildman–Crippen MR) is 165 cm³/mol. The van der Waals surface area contributed by atoms with Crippen LogP contribution in [0.4, 0.5) is 25.5 Å². The molecule has 3 aromatic heterocycles. The molecule has 8 heterocycles. The third-order valence-electron chi connectivity index (χ3n) is 10.5. The summed E-state index contributed by atoms with van der Waals surface area (Å²) in [5.41, 5.74) is 8.31. The number of ether oxygens (including phenoxy) is 1. The quantitative estimate of drug-likeness (QED) is 0.353. The van der Waals surface area contributed by atoms with Gasteiger partial charge in [-0.1, -0.05) is 0 Å². The van der Waals surface area contributed by atoms with Gasteiger partial charge in [-0.15, -0.1) is 11.3 Å². The first kappa shape index (κ1) is 26.7. The molecule has 5 aliphatic heterocycles. The Morgan fingerprint density at radius 1 is 1.09 bits per heavy atom. The maximum atomic E-state index is 17.3. The number of likely N-dealkylation sites (N-methyl/N-ethyl adjacent to an activating group) is 1. The Labute approximate surface area is 256 Å². The van der Waals surface area contributed by atoms with Crippen LogP contribution >= 0.6 is 11.3 Å². The Morgan fingerprint density at radius 2 is 1.89 bits per heavy atom. The van der Waals surface area contributed by atoms with Gasteiger partial charge in [-0.25, -0.2) is 13.8 Å². The molecule has 10 nitrogen and oxygen atoms in total. The summed E-state index contributed by atoms with van der Waals surface area (Å²) in [5.74, 6) is 0.680. The van der Waals surface area contributed by atoms with Gasteiger partial charge in [0.1, 0.15) is 22.4 Å². The zero-order valence-electron chi connectivity index (χ0n) is 24.2. The third kappa shape index (κ3) is 3.62. The highest BCUT2D eigenvalue weighted by Gasteiger charge is 2.43. The zero-order valence-corrected chi connectivity index (χ0v) is 25.1. The number of nitriles is 1. The highest BCUT2D eigenvalue weighted by molar-refractivity contribution is 7.23. The van der Waals surface area contributed by atoms with E-state index in [1.54, 1.807) is 0 Å². The largest absolute Gasteiger partial charge is 0.389 e. The molecule has 3 N–H and O–H groups in total. The van der Waals surface area contributed by atoms with Crippen molar-refractivity contribution in [3.05, 3.63) is 34.5 Å². The fourth-order valence-corrected chi connectivity index (χ4v) is 9.34. The van der Waals surface area contributed by atoms with E-state index in [-0.39, 0.29) is 62.7 Å². The molecule has 9 rings (SSSR count). The molecule has 4 fully saturated rings. The monoisotopic (exact) mass is 615 g/mol. The van der Waals surface area contributed by atoms with Crippen LogP contribution in [-0.2, 0) is 18.0 Å². The fourth-order valence-electron chi connectivity index (χ4n) is 8.42. The van der Waals surface area contributed by atoms with Crippen molar-refractivity contribution < 1.29 is 13.5 Å². The zero-order chi connectivity index (χ0) is 29.9. The molecule has 13 heteroatoms. The van der Waals surface area contributed by atoms with E-state index in [4.69, 9.17) is 20.4 Å². The number of nitrogens with zero attached hydrogens (tertiary/aromatic N) is 7. The van der Waals surface area contributed by atoms with Gasteiger partial charge in [0.2, 0.25) is 5.95 Å². The molecule has 0 spiro atoms. The predicted octanol–water partition coefficient (Wildman–Crippen LogP) is 3.75. The van der Waals surface area contributed by atoms with Gasteiger partial charge in [0.25, 0.3) is 0 Å². The van der Waals surface area contributed by atoms with Crippen LogP contribution in [0.3, 0.4) is 0 Å². The van der Waals surface area contributed by atoms with Gasteiger partial charge < -0.3 is 30.5 Å². The Kier molecular flexibility index (Phi) is 5.85. The number of nitrogens with one attached hydrogen (secondary N) is 1. The lowest BCUT2D eigenvalue weighted by Crippen LogP contribution is -2.52. The number of hydrogen-bond donors (Lipinski definition) is 2. The van der Waals surface area contributed by atoms with Crippen LogP contribution in [0.2, 0.25) is 0 Å². The van der Waals surface area contributed by atoms with Crippen molar-refractivity contribution in [3.63, 3.8) is 0 Å². The molecule has 0 radical (unpaired) electrons. The van der Waals surface area contributed by atoms with Crippen molar-refractivity contribution in [2.75, 3.05) is 55.3 Å². The number of nitrogen functional groups attached to an aromatic ring is 1. The lowest BCUT2D eigenvalue weighted by atomic mass is 9.93. The Morgan fingerprint density at radius 3 is 2.66 bits per heavy atom. The van der Waals surface area contributed by atoms with Crippen molar-refractivity contribution >= 4 is 49.1 Å². The third-order valence-corrected chi connectivity index (χ3v) is 11.6. The number of benzene rings is 1. The molecule has 0 amide bonds. The molecule has 0 aliphatic carbocycles. The van der Waals surface area contributed by atoms with Crippen LogP contribution in [0.1, 0.15) is 36.0 Å². The van der Waals surface area contributed by atoms with Gasteiger partial charge in [-0.2, -0.15) is 10.2 Å². The average molecular weight is 616 g/mol. The number of thiophene rings is 1. The van der Waals surface area contributed by atoms with E-state index in [1.165, 1.54) is 0 Å². The number of hydrogen-bond acceptors (Lipinski definition) is 11. The number of nitrogens with two attached hydrogens (primary N) is 1. The molecule has 44 heavy (non-hydrogen) atoms. The first-order valence-corrected chi connectivity index (χ1v) is 16.1. The van der Waals surface area contributed by atoms with E-state index in [0.717, 1.165) is 80.9 Å². The van der Waals surface area contributed by atoms with Gasteiger partial charge in [0.05, 0.1) is 40.8 Å². The molecule has 2 bridgehead atoms. The van der Waals surface area contributed by atoms with Crippen LogP contribution in [0.15, 0.2) is 6.20 Å². The van der Waals surface area contributed by atoms with Gasteiger partial charge in [-0.05, 0) is 49.9 Å². The minimum Gasteiger partial charge on any atom is -0.389 e. The highest BCUT2D eigenvalue weighted by Crippen LogP contribution is 2.48. The van der Waals surface area contributed by atoms with Crippen LogP contribution < -0.4 is 20.9 Å². The second-order valence-corrected chi connectivity index (χ2v) is 13.8. The van der Waals surface area contributed by atoms with E-state index >= 15 is 4.39 Å². The van der Waals surface area contributed by atoms with E-state index in [9.17, 15) is 9.65 Å². The summed E-state index contributed by atoms with van der Waals surface area (Å²) in [5, 5.41) is 14.6. The highest BCUT2D eigenvalue weighted by atomic mass is 32.1.